The number of halogens is 1. The summed E-state index contributed by atoms with van der Waals surface area (Å²) in [5, 5.41) is 10.4. The number of carbonyl (C=O) groups excluding carboxylic acids is 1. The highest BCUT2D eigenvalue weighted by Crippen LogP contribution is 2.44. The van der Waals surface area contributed by atoms with E-state index in [9.17, 15) is 14.7 Å². The first kappa shape index (κ1) is 16.5. The molecular weight excluding hydrogens is 326 g/mol. The van der Waals surface area contributed by atoms with Gasteiger partial charge in [-0.2, -0.15) is 0 Å². The molecule has 1 heterocycles. The van der Waals surface area contributed by atoms with Gasteiger partial charge < -0.3 is 10.0 Å². The van der Waals surface area contributed by atoms with E-state index in [0.29, 0.717) is 16.1 Å². The van der Waals surface area contributed by atoms with Gasteiger partial charge >= 0.3 is 5.97 Å². The van der Waals surface area contributed by atoms with Crippen LogP contribution in [0.4, 0.5) is 0 Å². The van der Waals surface area contributed by atoms with Crippen molar-refractivity contribution < 1.29 is 14.7 Å². The average Bonchev–Trinajstić information content (AvgIpc) is 2.54. The second kappa shape index (κ2) is 6.29. The molecule has 2 aromatic carbocycles. The van der Waals surface area contributed by atoms with Crippen molar-refractivity contribution >= 4 is 23.5 Å². The lowest BCUT2D eigenvalue weighted by Crippen LogP contribution is -2.48. The van der Waals surface area contributed by atoms with Gasteiger partial charge in [-0.25, -0.2) is 0 Å². The number of benzene rings is 2. The second-order valence-electron chi connectivity index (χ2n) is 6.21. The maximum atomic E-state index is 13.0. The SMILES string of the molecule is CC(C)N1C(=O)c2ccccc2C(C(=O)O)C1c1cccc(Cl)c1. The molecule has 0 bridgehead atoms. The normalized spacial score (nSPS) is 20.2. The largest absolute Gasteiger partial charge is 0.481 e. The van der Waals surface area contributed by atoms with E-state index in [-0.39, 0.29) is 11.9 Å². The number of carbonyl (C=O) groups is 2. The van der Waals surface area contributed by atoms with E-state index in [4.69, 9.17) is 11.6 Å². The fraction of sp³-hybridized carbons (Fsp3) is 0.263. The summed E-state index contributed by atoms with van der Waals surface area (Å²) in [6.07, 6.45) is 0. The van der Waals surface area contributed by atoms with Crippen LogP contribution in [0.1, 0.15) is 47.3 Å². The van der Waals surface area contributed by atoms with Crippen molar-refractivity contribution in [1.29, 1.82) is 0 Å². The van der Waals surface area contributed by atoms with Crippen molar-refractivity contribution in [2.75, 3.05) is 0 Å². The Kier molecular flexibility index (Phi) is 4.33. The van der Waals surface area contributed by atoms with Crippen molar-refractivity contribution in [2.24, 2.45) is 0 Å². The van der Waals surface area contributed by atoms with E-state index in [1.807, 2.05) is 19.9 Å². The molecule has 3 rings (SSSR count). The van der Waals surface area contributed by atoms with Gasteiger partial charge in [-0.15, -0.1) is 0 Å². The number of carboxylic acids is 1. The maximum absolute atomic E-state index is 13.0. The zero-order valence-corrected chi connectivity index (χ0v) is 14.2. The third-order valence-electron chi connectivity index (χ3n) is 4.39. The van der Waals surface area contributed by atoms with Gasteiger partial charge in [0.05, 0.1) is 6.04 Å². The van der Waals surface area contributed by atoms with Gasteiger partial charge in [0.1, 0.15) is 5.92 Å². The van der Waals surface area contributed by atoms with Gasteiger partial charge in [0.15, 0.2) is 0 Å². The topological polar surface area (TPSA) is 57.6 Å². The van der Waals surface area contributed by atoms with Crippen LogP contribution in [0.25, 0.3) is 0 Å². The highest BCUT2D eigenvalue weighted by Gasteiger charge is 2.45. The molecule has 5 heteroatoms. The third kappa shape index (κ3) is 2.67. The second-order valence-corrected chi connectivity index (χ2v) is 6.65. The molecule has 0 saturated heterocycles. The third-order valence-corrected chi connectivity index (χ3v) is 4.62. The number of amides is 1. The molecule has 1 aliphatic rings. The molecule has 0 radical (unpaired) electrons. The standard InChI is InChI=1S/C19H18ClNO3/c1-11(2)21-17(12-6-5-7-13(20)10-12)16(19(23)24)14-8-3-4-9-15(14)18(21)22/h3-11,16-17H,1-2H3,(H,23,24). The molecule has 1 aliphatic heterocycles. The van der Waals surface area contributed by atoms with Crippen LogP contribution in [-0.4, -0.2) is 27.9 Å². The summed E-state index contributed by atoms with van der Waals surface area (Å²) in [7, 11) is 0. The Bertz CT molecular complexity index is 803. The quantitative estimate of drug-likeness (QED) is 0.912. The lowest BCUT2D eigenvalue weighted by Gasteiger charge is -2.43. The molecular formula is C19H18ClNO3. The minimum Gasteiger partial charge on any atom is -0.481 e. The minimum atomic E-state index is -0.953. The first-order valence-electron chi connectivity index (χ1n) is 7.81. The predicted octanol–water partition coefficient (Wildman–Crippen LogP) is 4.11. The molecule has 0 saturated carbocycles. The minimum absolute atomic E-state index is 0.142. The predicted molar refractivity (Wildman–Crippen MR) is 92.3 cm³/mol. The summed E-state index contributed by atoms with van der Waals surface area (Å²) in [5.74, 6) is -1.94. The summed E-state index contributed by atoms with van der Waals surface area (Å²) in [6.45, 7) is 3.78. The zero-order valence-electron chi connectivity index (χ0n) is 13.4. The number of hydrogen-bond acceptors (Lipinski definition) is 2. The molecule has 0 aliphatic carbocycles. The van der Waals surface area contributed by atoms with E-state index in [1.165, 1.54) is 0 Å². The molecule has 0 fully saturated rings. The molecule has 1 amide bonds. The van der Waals surface area contributed by atoms with Gasteiger partial charge in [-0.05, 0) is 43.2 Å². The highest BCUT2D eigenvalue weighted by molar-refractivity contribution is 6.30. The number of hydrogen-bond donors (Lipinski definition) is 1. The molecule has 124 valence electrons. The molecule has 2 unspecified atom stereocenters. The summed E-state index contributed by atoms with van der Waals surface area (Å²) in [6, 6.07) is 13.3. The highest BCUT2D eigenvalue weighted by atomic mass is 35.5. The average molecular weight is 344 g/mol. The van der Waals surface area contributed by atoms with Gasteiger partial charge in [-0.3, -0.25) is 9.59 Å². The summed E-state index contributed by atoms with van der Waals surface area (Å²) >= 11 is 6.10. The first-order chi connectivity index (χ1) is 11.4. The van der Waals surface area contributed by atoms with E-state index < -0.39 is 17.9 Å². The summed E-state index contributed by atoms with van der Waals surface area (Å²) < 4.78 is 0. The number of aliphatic carboxylic acids is 1. The number of nitrogens with zero attached hydrogens (tertiary/aromatic N) is 1. The number of rotatable bonds is 3. The number of fused-ring (bicyclic) bond motifs is 1. The van der Waals surface area contributed by atoms with Crippen LogP contribution in [-0.2, 0) is 4.79 Å². The van der Waals surface area contributed by atoms with Crippen LogP contribution in [0.5, 0.6) is 0 Å². The molecule has 2 aromatic rings. The summed E-state index contributed by atoms with van der Waals surface area (Å²) in [5.41, 5.74) is 1.74. The molecule has 1 N–H and O–H groups in total. The zero-order chi connectivity index (χ0) is 17.4. The lowest BCUT2D eigenvalue weighted by molar-refractivity contribution is -0.140. The van der Waals surface area contributed by atoms with E-state index in [0.717, 1.165) is 5.56 Å². The van der Waals surface area contributed by atoms with E-state index in [2.05, 4.69) is 0 Å². The van der Waals surface area contributed by atoms with Gasteiger partial charge in [0.2, 0.25) is 0 Å². The van der Waals surface area contributed by atoms with Crippen LogP contribution < -0.4 is 0 Å². The molecule has 24 heavy (non-hydrogen) atoms. The van der Waals surface area contributed by atoms with Crippen molar-refractivity contribution in [1.82, 2.24) is 4.90 Å². The van der Waals surface area contributed by atoms with Crippen molar-refractivity contribution in [2.45, 2.75) is 31.8 Å². The Morgan fingerprint density at radius 1 is 1.17 bits per heavy atom. The Morgan fingerprint density at radius 3 is 2.50 bits per heavy atom. The van der Waals surface area contributed by atoms with Crippen molar-refractivity contribution in [3.63, 3.8) is 0 Å². The summed E-state index contributed by atoms with van der Waals surface area (Å²) in [4.78, 5) is 26.7. The van der Waals surface area contributed by atoms with Crippen molar-refractivity contribution in [3.8, 4) is 0 Å². The van der Waals surface area contributed by atoms with Gasteiger partial charge in [0.25, 0.3) is 5.91 Å². The Labute approximate surface area is 145 Å². The monoisotopic (exact) mass is 343 g/mol. The van der Waals surface area contributed by atoms with Gasteiger partial charge in [0, 0.05) is 16.6 Å². The van der Waals surface area contributed by atoms with Crippen molar-refractivity contribution in [3.05, 3.63) is 70.2 Å². The van der Waals surface area contributed by atoms with E-state index >= 15 is 0 Å². The maximum Gasteiger partial charge on any atom is 0.313 e. The molecule has 0 spiro atoms. The molecule has 2 atom stereocenters. The fourth-order valence-corrected chi connectivity index (χ4v) is 3.63. The van der Waals surface area contributed by atoms with Crippen LogP contribution in [0, 0.1) is 0 Å². The van der Waals surface area contributed by atoms with Crippen LogP contribution >= 0.6 is 11.6 Å². The van der Waals surface area contributed by atoms with E-state index in [1.54, 1.807) is 47.4 Å². The molecule has 0 aromatic heterocycles. The smallest absolute Gasteiger partial charge is 0.313 e. The fourth-order valence-electron chi connectivity index (χ4n) is 3.43. The number of carboxylic acid groups (broad SMARTS) is 1. The lowest BCUT2D eigenvalue weighted by atomic mass is 9.79. The first-order valence-corrected chi connectivity index (χ1v) is 8.19. The van der Waals surface area contributed by atoms with Crippen LogP contribution in [0.15, 0.2) is 48.5 Å². The van der Waals surface area contributed by atoms with Gasteiger partial charge in [-0.1, -0.05) is 41.9 Å². The van der Waals surface area contributed by atoms with Crippen LogP contribution in [0.2, 0.25) is 5.02 Å². The van der Waals surface area contributed by atoms with Crippen LogP contribution in [0.3, 0.4) is 0 Å². The Balaban J connectivity index is 2.26. The Morgan fingerprint density at radius 2 is 1.88 bits per heavy atom. The molecule has 4 nitrogen and oxygen atoms in total. The Hall–Kier alpha value is -2.33.